The average Bonchev–Trinajstić information content (AvgIpc) is 2.82. The summed E-state index contributed by atoms with van der Waals surface area (Å²) in [7, 11) is 0. The Bertz CT molecular complexity index is 401. The number of nitrogens with zero attached hydrogens (tertiary/aromatic N) is 1. The van der Waals surface area contributed by atoms with Gasteiger partial charge < -0.3 is 4.98 Å². The van der Waals surface area contributed by atoms with Crippen molar-refractivity contribution in [3.8, 4) is 0 Å². The first-order valence-corrected chi connectivity index (χ1v) is 7.84. The molecular weight excluding hydrogens is 232 g/mol. The van der Waals surface area contributed by atoms with Crippen LogP contribution in [0.2, 0.25) is 0 Å². The standard InChI is InChI=1S/C17H32N2/c1-9-12(5)14-15(17(7,8)10-2)19-16(18-14)13(6)11(3)4/h11-13H,9-10H2,1-8H3,(H,18,19). The molecule has 1 N–H and O–H groups in total. The second-order valence-corrected chi connectivity index (χ2v) is 6.96. The van der Waals surface area contributed by atoms with Gasteiger partial charge in [-0.1, -0.05) is 55.4 Å². The van der Waals surface area contributed by atoms with Crippen molar-refractivity contribution in [1.29, 1.82) is 0 Å². The van der Waals surface area contributed by atoms with Crippen LogP contribution < -0.4 is 0 Å². The molecule has 0 aliphatic rings. The molecule has 2 atom stereocenters. The van der Waals surface area contributed by atoms with Gasteiger partial charge in [0.25, 0.3) is 0 Å². The molecule has 1 heterocycles. The predicted octanol–water partition coefficient (Wildman–Crippen LogP) is 5.37. The van der Waals surface area contributed by atoms with Gasteiger partial charge in [0, 0.05) is 17.0 Å². The number of hydrogen-bond acceptors (Lipinski definition) is 1. The molecule has 0 spiro atoms. The third-order valence-electron chi connectivity index (χ3n) is 4.82. The second kappa shape index (κ2) is 6.11. The van der Waals surface area contributed by atoms with Gasteiger partial charge in [0.2, 0.25) is 0 Å². The van der Waals surface area contributed by atoms with Gasteiger partial charge in [-0.2, -0.15) is 0 Å². The minimum Gasteiger partial charge on any atom is -0.345 e. The van der Waals surface area contributed by atoms with Crippen LogP contribution in [0.1, 0.15) is 97.3 Å². The Hall–Kier alpha value is -0.790. The topological polar surface area (TPSA) is 28.7 Å². The van der Waals surface area contributed by atoms with Gasteiger partial charge in [-0.25, -0.2) is 4.98 Å². The molecule has 0 bridgehead atoms. The Balaban J connectivity index is 3.28. The summed E-state index contributed by atoms with van der Waals surface area (Å²) in [6, 6.07) is 0. The lowest BCUT2D eigenvalue weighted by atomic mass is 9.83. The highest BCUT2D eigenvalue weighted by atomic mass is 15.0. The van der Waals surface area contributed by atoms with E-state index in [1.807, 2.05) is 0 Å². The summed E-state index contributed by atoms with van der Waals surface area (Å²) in [4.78, 5) is 8.62. The highest BCUT2D eigenvalue weighted by Crippen LogP contribution is 2.35. The van der Waals surface area contributed by atoms with Gasteiger partial charge in [-0.05, 0) is 24.7 Å². The highest BCUT2D eigenvalue weighted by Gasteiger charge is 2.28. The number of aromatic amines is 1. The number of hydrogen-bond donors (Lipinski definition) is 1. The maximum Gasteiger partial charge on any atom is 0.109 e. The number of aromatic nitrogens is 2. The molecule has 0 saturated heterocycles. The Labute approximate surface area is 119 Å². The first kappa shape index (κ1) is 16.3. The van der Waals surface area contributed by atoms with E-state index < -0.39 is 0 Å². The molecule has 0 saturated carbocycles. The van der Waals surface area contributed by atoms with Crippen molar-refractivity contribution in [3.63, 3.8) is 0 Å². The van der Waals surface area contributed by atoms with E-state index >= 15 is 0 Å². The molecule has 2 unspecified atom stereocenters. The van der Waals surface area contributed by atoms with Gasteiger partial charge in [0.15, 0.2) is 0 Å². The normalized spacial score (nSPS) is 15.8. The Morgan fingerprint density at radius 1 is 1.11 bits per heavy atom. The SMILES string of the molecule is CCC(C)c1nc(C(C)C(C)C)[nH]c1C(C)(C)CC. The molecule has 0 radical (unpaired) electrons. The van der Waals surface area contributed by atoms with E-state index in [4.69, 9.17) is 4.98 Å². The Kier molecular flexibility index (Phi) is 5.23. The lowest BCUT2D eigenvalue weighted by Gasteiger charge is -2.24. The minimum absolute atomic E-state index is 0.181. The van der Waals surface area contributed by atoms with Crippen LogP contribution in [0.3, 0.4) is 0 Å². The van der Waals surface area contributed by atoms with Crippen LogP contribution in [-0.2, 0) is 5.41 Å². The molecular formula is C17H32N2. The van der Waals surface area contributed by atoms with Crippen LogP contribution in [-0.4, -0.2) is 9.97 Å². The third-order valence-corrected chi connectivity index (χ3v) is 4.82. The summed E-state index contributed by atoms with van der Waals surface area (Å²) in [5, 5.41) is 0. The van der Waals surface area contributed by atoms with E-state index in [0.717, 1.165) is 12.8 Å². The number of H-pyrrole nitrogens is 1. The summed E-state index contributed by atoms with van der Waals surface area (Å²) >= 11 is 0. The van der Waals surface area contributed by atoms with E-state index in [2.05, 4.69) is 60.4 Å². The zero-order valence-electron chi connectivity index (χ0n) is 14.1. The molecule has 1 rings (SSSR count). The molecule has 0 amide bonds. The second-order valence-electron chi connectivity index (χ2n) is 6.96. The first-order valence-electron chi connectivity index (χ1n) is 7.84. The smallest absolute Gasteiger partial charge is 0.109 e. The summed E-state index contributed by atoms with van der Waals surface area (Å²) in [6.07, 6.45) is 2.28. The van der Waals surface area contributed by atoms with Gasteiger partial charge >= 0.3 is 0 Å². The minimum atomic E-state index is 0.181. The Morgan fingerprint density at radius 2 is 1.68 bits per heavy atom. The van der Waals surface area contributed by atoms with E-state index in [0.29, 0.717) is 17.8 Å². The van der Waals surface area contributed by atoms with Crippen molar-refractivity contribution in [2.45, 2.75) is 85.5 Å². The number of nitrogens with one attached hydrogen (secondary N) is 1. The molecule has 2 heteroatoms. The van der Waals surface area contributed by atoms with E-state index in [9.17, 15) is 0 Å². The van der Waals surface area contributed by atoms with Gasteiger partial charge in [-0.3, -0.25) is 0 Å². The van der Waals surface area contributed by atoms with Crippen LogP contribution in [0.25, 0.3) is 0 Å². The van der Waals surface area contributed by atoms with Crippen molar-refractivity contribution >= 4 is 0 Å². The molecule has 19 heavy (non-hydrogen) atoms. The summed E-state index contributed by atoms with van der Waals surface area (Å²) < 4.78 is 0. The molecule has 2 nitrogen and oxygen atoms in total. The molecule has 1 aromatic rings. The van der Waals surface area contributed by atoms with Crippen molar-refractivity contribution in [1.82, 2.24) is 9.97 Å². The van der Waals surface area contributed by atoms with Crippen LogP contribution in [0.5, 0.6) is 0 Å². The van der Waals surface area contributed by atoms with E-state index in [1.54, 1.807) is 0 Å². The maximum atomic E-state index is 4.96. The zero-order chi connectivity index (χ0) is 14.8. The quantitative estimate of drug-likeness (QED) is 0.735. The molecule has 0 fully saturated rings. The van der Waals surface area contributed by atoms with Crippen LogP contribution >= 0.6 is 0 Å². The van der Waals surface area contributed by atoms with Gasteiger partial charge in [-0.15, -0.1) is 0 Å². The fourth-order valence-corrected chi connectivity index (χ4v) is 2.18. The van der Waals surface area contributed by atoms with Crippen LogP contribution in [0, 0.1) is 5.92 Å². The molecule has 0 aliphatic heterocycles. The zero-order valence-corrected chi connectivity index (χ0v) is 14.1. The summed E-state index contributed by atoms with van der Waals surface area (Å²) in [5.74, 6) is 2.81. The largest absolute Gasteiger partial charge is 0.345 e. The predicted molar refractivity (Wildman–Crippen MR) is 83.9 cm³/mol. The molecule has 0 aromatic carbocycles. The fourth-order valence-electron chi connectivity index (χ4n) is 2.18. The molecule has 0 aliphatic carbocycles. The number of imidazole rings is 1. The summed E-state index contributed by atoms with van der Waals surface area (Å²) in [5.41, 5.74) is 2.82. The monoisotopic (exact) mass is 264 g/mol. The molecule has 1 aromatic heterocycles. The Morgan fingerprint density at radius 3 is 2.11 bits per heavy atom. The fraction of sp³-hybridized carbons (Fsp3) is 0.824. The van der Waals surface area contributed by atoms with Gasteiger partial charge in [0.1, 0.15) is 5.82 Å². The van der Waals surface area contributed by atoms with Crippen LogP contribution in [0.4, 0.5) is 0 Å². The number of rotatable bonds is 6. The molecule has 110 valence electrons. The maximum absolute atomic E-state index is 4.96. The average molecular weight is 264 g/mol. The highest BCUT2D eigenvalue weighted by molar-refractivity contribution is 5.27. The van der Waals surface area contributed by atoms with E-state index in [1.165, 1.54) is 17.2 Å². The van der Waals surface area contributed by atoms with Crippen molar-refractivity contribution < 1.29 is 0 Å². The van der Waals surface area contributed by atoms with Crippen molar-refractivity contribution in [3.05, 3.63) is 17.2 Å². The lowest BCUT2D eigenvalue weighted by molar-refractivity contribution is 0.476. The van der Waals surface area contributed by atoms with Crippen LogP contribution in [0.15, 0.2) is 0 Å². The lowest BCUT2D eigenvalue weighted by Crippen LogP contribution is -2.19. The van der Waals surface area contributed by atoms with Crippen molar-refractivity contribution in [2.24, 2.45) is 5.92 Å². The summed E-state index contributed by atoms with van der Waals surface area (Å²) in [6.45, 7) is 18.2. The van der Waals surface area contributed by atoms with E-state index in [-0.39, 0.29) is 5.41 Å². The van der Waals surface area contributed by atoms with Gasteiger partial charge in [0.05, 0.1) is 5.69 Å². The first-order chi connectivity index (χ1) is 8.74. The third kappa shape index (κ3) is 3.40. The van der Waals surface area contributed by atoms with Crippen molar-refractivity contribution in [2.75, 3.05) is 0 Å².